The van der Waals surface area contributed by atoms with Gasteiger partial charge >= 0.3 is 12.1 Å². The van der Waals surface area contributed by atoms with Crippen LogP contribution >= 0.6 is 0 Å². The van der Waals surface area contributed by atoms with Crippen molar-refractivity contribution in [1.82, 2.24) is 5.32 Å². The normalized spacial score (nSPS) is 12.8. The number of hydrogen-bond acceptors (Lipinski definition) is 3. The van der Waals surface area contributed by atoms with E-state index in [0.717, 1.165) is 5.56 Å². The molecule has 0 saturated carbocycles. The van der Waals surface area contributed by atoms with Crippen LogP contribution in [0.5, 0.6) is 0 Å². The average molecular weight is 274 g/mol. The van der Waals surface area contributed by atoms with Crippen LogP contribution in [0.1, 0.15) is 23.6 Å². The Labute approximate surface area is 107 Å². The number of carboxylic acids is 1. The Kier molecular flexibility index (Phi) is 4.52. The Hall–Kier alpha value is -2.05. The van der Waals surface area contributed by atoms with Gasteiger partial charge in [0.1, 0.15) is 0 Å². The fourth-order valence-corrected chi connectivity index (χ4v) is 1.55. The summed E-state index contributed by atoms with van der Waals surface area (Å²) in [5.74, 6) is -3.73. The lowest BCUT2D eigenvalue weighted by Crippen LogP contribution is -2.41. The number of halogens is 3. The third-order valence-electron chi connectivity index (χ3n) is 2.38. The minimum Gasteiger partial charge on any atom is -0.550 e. The SMILES string of the molecule is Cc1cccc([C@H](CC(=O)[O-])NC(=O)C(F)(F)F)c1. The highest BCUT2D eigenvalue weighted by Crippen LogP contribution is 2.21. The highest BCUT2D eigenvalue weighted by Gasteiger charge is 2.39. The Morgan fingerprint density at radius 3 is 2.47 bits per heavy atom. The molecule has 0 aromatic heterocycles. The van der Waals surface area contributed by atoms with E-state index in [1.165, 1.54) is 12.1 Å². The van der Waals surface area contributed by atoms with Gasteiger partial charge in [0.05, 0.1) is 6.04 Å². The Morgan fingerprint density at radius 2 is 2.00 bits per heavy atom. The van der Waals surface area contributed by atoms with Gasteiger partial charge < -0.3 is 15.2 Å². The summed E-state index contributed by atoms with van der Waals surface area (Å²) in [4.78, 5) is 21.4. The molecule has 1 N–H and O–H groups in total. The number of carboxylic acid groups (broad SMARTS) is 1. The lowest BCUT2D eigenvalue weighted by Gasteiger charge is -2.20. The van der Waals surface area contributed by atoms with Gasteiger partial charge in [0.15, 0.2) is 0 Å². The molecule has 7 heteroatoms. The quantitative estimate of drug-likeness (QED) is 0.885. The van der Waals surface area contributed by atoms with Gasteiger partial charge in [0, 0.05) is 12.4 Å². The average Bonchev–Trinajstić information content (AvgIpc) is 2.26. The number of carbonyl (C=O) groups is 2. The number of aliphatic carboxylic acids is 1. The summed E-state index contributed by atoms with van der Waals surface area (Å²) < 4.78 is 36.5. The number of amides is 1. The number of benzene rings is 1. The van der Waals surface area contributed by atoms with Crippen molar-refractivity contribution in [2.75, 3.05) is 0 Å². The lowest BCUT2D eigenvalue weighted by molar-refractivity contribution is -0.306. The van der Waals surface area contributed by atoms with Crippen molar-refractivity contribution in [2.45, 2.75) is 25.6 Å². The summed E-state index contributed by atoms with van der Waals surface area (Å²) in [5, 5.41) is 12.2. The first-order chi connectivity index (χ1) is 8.70. The second kappa shape index (κ2) is 5.73. The van der Waals surface area contributed by atoms with Gasteiger partial charge in [0.2, 0.25) is 0 Å². The van der Waals surface area contributed by atoms with E-state index in [1.807, 2.05) is 0 Å². The Bertz CT molecular complexity index is 485. The molecule has 0 aliphatic carbocycles. The summed E-state index contributed by atoms with van der Waals surface area (Å²) in [6, 6.07) is 4.93. The maximum absolute atomic E-state index is 12.2. The summed E-state index contributed by atoms with van der Waals surface area (Å²) >= 11 is 0. The molecule has 4 nitrogen and oxygen atoms in total. The maximum Gasteiger partial charge on any atom is 0.471 e. The molecule has 1 amide bonds. The smallest absolute Gasteiger partial charge is 0.471 e. The second-order valence-electron chi connectivity index (χ2n) is 4.01. The minimum atomic E-state index is -5.06. The molecule has 1 atom stereocenters. The zero-order valence-electron chi connectivity index (χ0n) is 9.95. The van der Waals surface area contributed by atoms with E-state index in [9.17, 15) is 27.9 Å². The van der Waals surface area contributed by atoms with Crippen molar-refractivity contribution in [3.8, 4) is 0 Å². The number of nitrogens with one attached hydrogen (secondary N) is 1. The van der Waals surface area contributed by atoms with Crippen LogP contribution in [0.4, 0.5) is 13.2 Å². The third kappa shape index (κ3) is 4.61. The summed E-state index contributed by atoms with van der Waals surface area (Å²) in [7, 11) is 0. The van der Waals surface area contributed by atoms with Gasteiger partial charge in [-0.25, -0.2) is 0 Å². The van der Waals surface area contributed by atoms with Crippen LogP contribution in [0.15, 0.2) is 24.3 Å². The third-order valence-corrected chi connectivity index (χ3v) is 2.38. The molecule has 104 valence electrons. The van der Waals surface area contributed by atoms with Gasteiger partial charge in [0.25, 0.3) is 0 Å². The predicted molar refractivity (Wildman–Crippen MR) is 57.7 cm³/mol. The van der Waals surface area contributed by atoms with Crippen LogP contribution in [0.25, 0.3) is 0 Å². The molecule has 0 aliphatic heterocycles. The molecule has 1 aromatic carbocycles. The molecule has 19 heavy (non-hydrogen) atoms. The van der Waals surface area contributed by atoms with Crippen molar-refractivity contribution in [2.24, 2.45) is 0 Å². The Morgan fingerprint density at radius 1 is 1.37 bits per heavy atom. The van der Waals surface area contributed by atoms with E-state index < -0.39 is 30.5 Å². The van der Waals surface area contributed by atoms with Gasteiger partial charge in [-0.15, -0.1) is 0 Å². The van der Waals surface area contributed by atoms with E-state index in [1.54, 1.807) is 24.4 Å². The molecule has 0 spiro atoms. The van der Waals surface area contributed by atoms with E-state index in [-0.39, 0.29) is 5.56 Å². The highest BCUT2D eigenvalue weighted by molar-refractivity contribution is 5.82. The topological polar surface area (TPSA) is 69.2 Å². The van der Waals surface area contributed by atoms with Crippen molar-refractivity contribution < 1.29 is 27.9 Å². The van der Waals surface area contributed by atoms with Crippen LogP contribution in [0, 0.1) is 6.92 Å². The molecule has 0 unspecified atom stereocenters. The van der Waals surface area contributed by atoms with Gasteiger partial charge in [-0.3, -0.25) is 4.79 Å². The van der Waals surface area contributed by atoms with Crippen LogP contribution in [-0.4, -0.2) is 18.1 Å². The van der Waals surface area contributed by atoms with Crippen LogP contribution in [-0.2, 0) is 9.59 Å². The lowest BCUT2D eigenvalue weighted by atomic mass is 10.0. The number of alkyl halides is 3. The van der Waals surface area contributed by atoms with Crippen molar-refractivity contribution in [1.29, 1.82) is 0 Å². The molecule has 0 aliphatic rings. The molecule has 0 heterocycles. The van der Waals surface area contributed by atoms with Crippen molar-refractivity contribution in [3.05, 3.63) is 35.4 Å². The fraction of sp³-hybridized carbons (Fsp3) is 0.333. The van der Waals surface area contributed by atoms with Crippen LogP contribution in [0.2, 0.25) is 0 Å². The van der Waals surface area contributed by atoms with Gasteiger partial charge in [-0.2, -0.15) is 13.2 Å². The highest BCUT2D eigenvalue weighted by atomic mass is 19.4. The molecular formula is C12H11F3NO3-. The number of aryl methyl sites for hydroxylation is 1. The minimum absolute atomic E-state index is 0.279. The molecule has 0 radical (unpaired) electrons. The molecule has 0 fully saturated rings. The fourth-order valence-electron chi connectivity index (χ4n) is 1.55. The number of hydrogen-bond donors (Lipinski definition) is 1. The van der Waals surface area contributed by atoms with Crippen molar-refractivity contribution in [3.63, 3.8) is 0 Å². The zero-order valence-corrected chi connectivity index (χ0v) is 9.95. The van der Waals surface area contributed by atoms with E-state index in [0.29, 0.717) is 0 Å². The van der Waals surface area contributed by atoms with Gasteiger partial charge in [-0.1, -0.05) is 29.8 Å². The number of carbonyl (C=O) groups excluding carboxylic acids is 2. The van der Waals surface area contributed by atoms with E-state index in [2.05, 4.69) is 0 Å². The molecular weight excluding hydrogens is 263 g/mol. The maximum atomic E-state index is 12.2. The van der Waals surface area contributed by atoms with E-state index >= 15 is 0 Å². The summed E-state index contributed by atoms with van der Waals surface area (Å²) in [5.41, 5.74) is 1.02. The zero-order chi connectivity index (χ0) is 14.6. The Balaban J connectivity index is 2.96. The number of rotatable bonds is 4. The van der Waals surface area contributed by atoms with Gasteiger partial charge in [-0.05, 0) is 12.5 Å². The van der Waals surface area contributed by atoms with E-state index in [4.69, 9.17) is 0 Å². The first-order valence-corrected chi connectivity index (χ1v) is 5.34. The predicted octanol–water partition coefficient (Wildman–Crippen LogP) is 0.855. The first-order valence-electron chi connectivity index (χ1n) is 5.34. The monoisotopic (exact) mass is 274 g/mol. The molecule has 1 aromatic rings. The standard InChI is InChI=1S/C12H12F3NO3/c1-7-3-2-4-8(5-7)9(6-10(17)18)16-11(19)12(13,14)15/h2-5,9H,6H2,1H3,(H,16,19)(H,17,18)/p-1/t9-/m0/s1. The molecule has 1 rings (SSSR count). The molecule has 0 saturated heterocycles. The molecule has 0 bridgehead atoms. The largest absolute Gasteiger partial charge is 0.550 e. The van der Waals surface area contributed by atoms with Crippen LogP contribution < -0.4 is 10.4 Å². The summed E-state index contributed by atoms with van der Waals surface area (Å²) in [6.45, 7) is 1.70. The first kappa shape index (κ1) is 15.0. The summed E-state index contributed by atoms with van der Waals surface area (Å²) in [6.07, 6.45) is -5.79. The van der Waals surface area contributed by atoms with Crippen LogP contribution in [0.3, 0.4) is 0 Å². The van der Waals surface area contributed by atoms with Crippen molar-refractivity contribution >= 4 is 11.9 Å². The second-order valence-corrected chi connectivity index (χ2v) is 4.01.